The molecule has 0 aliphatic carbocycles. The molecule has 0 fully saturated rings. The summed E-state index contributed by atoms with van der Waals surface area (Å²) >= 11 is 0. The molecule has 1 rings (SSSR count). The zero-order valence-electron chi connectivity index (χ0n) is 10.9. The molecule has 96 valence electrons. The Hall–Kier alpha value is -1.09. The van der Waals surface area contributed by atoms with Crippen molar-refractivity contribution >= 4 is 0 Å². The molecule has 1 aromatic rings. The predicted octanol–water partition coefficient (Wildman–Crippen LogP) is 3.20. The Labute approximate surface area is 103 Å². The fourth-order valence-corrected chi connectivity index (χ4v) is 1.63. The summed E-state index contributed by atoms with van der Waals surface area (Å²) in [4.78, 5) is 0. The van der Waals surface area contributed by atoms with Crippen molar-refractivity contribution in [2.75, 3.05) is 6.61 Å². The highest BCUT2D eigenvalue weighted by molar-refractivity contribution is 5.38. The first-order chi connectivity index (χ1) is 8.08. The number of hydrogen-bond acceptors (Lipinski definition) is 2. The van der Waals surface area contributed by atoms with Crippen LogP contribution in [0.1, 0.15) is 37.8 Å². The van der Waals surface area contributed by atoms with Crippen LogP contribution in [0.2, 0.25) is 0 Å². The summed E-state index contributed by atoms with van der Waals surface area (Å²) in [6.45, 7) is 6.48. The summed E-state index contributed by atoms with van der Waals surface area (Å²) in [5.74, 6) is 0.585. The van der Waals surface area contributed by atoms with Crippen molar-refractivity contribution in [1.82, 2.24) is 0 Å². The molecule has 1 unspecified atom stereocenters. The van der Waals surface area contributed by atoms with E-state index in [0.29, 0.717) is 18.6 Å². The van der Waals surface area contributed by atoms with Crippen LogP contribution in [0.4, 0.5) is 4.39 Å². The van der Waals surface area contributed by atoms with Crippen LogP contribution in [-0.4, -0.2) is 12.6 Å². The molecule has 0 heterocycles. The highest BCUT2D eigenvalue weighted by atomic mass is 19.1. The van der Waals surface area contributed by atoms with Crippen molar-refractivity contribution in [1.29, 1.82) is 0 Å². The number of nitrogens with two attached hydrogens (primary N) is 1. The maximum Gasteiger partial charge on any atom is 0.126 e. The fourth-order valence-electron chi connectivity index (χ4n) is 1.63. The highest BCUT2D eigenvalue weighted by Crippen LogP contribution is 2.24. The Balaban J connectivity index is 2.94. The predicted molar refractivity (Wildman–Crippen MR) is 68.9 cm³/mol. The van der Waals surface area contributed by atoms with Crippen LogP contribution in [0.5, 0.6) is 5.75 Å². The maximum absolute atomic E-state index is 13.5. The third-order valence-corrected chi connectivity index (χ3v) is 2.81. The summed E-state index contributed by atoms with van der Waals surface area (Å²) in [6, 6.07) is 3.37. The molecule has 0 radical (unpaired) electrons. The first-order valence-corrected chi connectivity index (χ1v) is 6.25. The lowest BCUT2D eigenvalue weighted by molar-refractivity contribution is 0.312. The van der Waals surface area contributed by atoms with Gasteiger partial charge in [-0.3, -0.25) is 0 Å². The Bertz CT molecular complexity index is 365. The molecule has 0 saturated carbocycles. The minimum atomic E-state index is -0.188. The van der Waals surface area contributed by atoms with Gasteiger partial charge >= 0.3 is 0 Å². The summed E-state index contributed by atoms with van der Waals surface area (Å²) in [6.07, 6.45) is 2.48. The molecule has 0 spiro atoms. The third kappa shape index (κ3) is 4.00. The van der Waals surface area contributed by atoms with Gasteiger partial charge in [-0.05, 0) is 49.4 Å². The monoisotopic (exact) mass is 239 g/mol. The summed E-state index contributed by atoms with van der Waals surface area (Å²) in [5, 5.41) is 0. The van der Waals surface area contributed by atoms with Crippen molar-refractivity contribution in [2.24, 2.45) is 5.73 Å². The highest BCUT2D eigenvalue weighted by Gasteiger charge is 2.11. The van der Waals surface area contributed by atoms with Gasteiger partial charge in [0.05, 0.1) is 6.61 Å². The Morgan fingerprint density at radius 2 is 2.06 bits per heavy atom. The molecule has 0 amide bonds. The number of benzene rings is 1. The standard InChI is InChI=1S/C14H22FNO/c1-4-6-17-14-7-10(3)13(15)9-11(14)8-12(16)5-2/h7,9,12H,4-6,8,16H2,1-3H3. The van der Waals surface area contributed by atoms with Crippen LogP contribution in [0.25, 0.3) is 0 Å². The lowest BCUT2D eigenvalue weighted by Crippen LogP contribution is -2.22. The number of ether oxygens (including phenoxy) is 1. The summed E-state index contributed by atoms with van der Waals surface area (Å²) in [7, 11) is 0. The molecule has 0 aliphatic heterocycles. The molecule has 2 nitrogen and oxygen atoms in total. The molecule has 0 bridgehead atoms. The normalized spacial score (nSPS) is 12.5. The quantitative estimate of drug-likeness (QED) is 0.827. The second kappa shape index (κ2) is 6.60. The van der Waals surface area contributed by atoms with Gasteiger partial charge in [-0.2, -0.15) is 0 Å². The van der Waals surface area contributed by atoms with Crippen molar-refractivity contribution in [3.63, 3.8) is 0 Å². The van der Waals surface area contributed by atoms with Crippen molar-refractivity contribution < 1.29 is 9.13 Å². The number of hydrogen-bond donors (Lipinski definition) is 1. The Kier molecular flexibility index (Phi) is 5.42. The first kappa shape index (κ1) is 14.0. The minimum absolute atomic E-state index is 0.0566. The van der Waals surface area contributed by atoms with Crippen molar-refractivity contribution in [2.45, 2.75) is 46.1 Å². The van der Waals surface area contributed by atoms with Crippen LogP contribution < -0.4 is 10.5 Å². The zero-order valence-corrected chi connectivity index (χ0v) is 10.9. The summed E-state index contributed by atoms with van der Waals surface area (Å²) in [5.41, 5.74) is 7.40. The van der Waals surface area contributed by atoms with Gasteiger partial charge in [0, 0.05) is 6.04 Å². The van der Waals surface area contributed by atoms with E-state index in [1.807, 2.05) is 13.8 Å². The molecule has 1 aromatic carbocycles. The van der Waals surface area contributed by atoms with E-state index in [2.05, 4.69) is 0 Å². The van der Waals surface area contributed by atoms with E-state index in [1.165, 1.54) is 0 Å². The van der Waals surface area contributed by atoms with Crippen LogP contribution in [0.3, 0.4) is 0 Å². The van der Waals surface area contributed by atoms with Gasteiger partial charge in [-0.15, -0.1) is 0 Å². The van der Waals surface area contributed by atoms with Gasteiger partial charge in [-0.25, -0.2) is 4.39 Å². The van der Waals surface area contributed by atoms with E-state index in [9.17, 15) is 4.39 Å². The molecule has 0 aromatic heterocycles. The van der Waals surface area contributed by atoms with Gasteiger partial charge in [0.2, 0.25) is 0 Å². The smallest absolute Gasteiger partial charge is 0.126 e. The molecule has 17 heavy (non-hydrogen) atoms. The molecule has 3 heteroatoms. The third-order valence-electron chi connectivity index (χ3n) is 2.81. The topological polar surface area (TPSA) is 35.2 Å². The van der Waals surface area contributed by atoms with Crippen molar-refractivity contribution in [3.8, 4) is 5.75 Å². The van der Waals surface area contributed by atoms with E-state index < -0.39 is 0 Å². The second-order valence-electron chi connectivity index (χ2n) is 4.43. The first-order valence-electron chi connectivity index (χ1n) is 6.25. The largest absolute Gasteiger partial charge is 0.493 e. The number of aryl methyl sites for hydroxylation is 1. The molecular formula is C14H22FNO. The van der Waals surface area contributed by atoms with Gasteiger partial charge in [0.25, 0.3) is 0 Å². The van der Waals surface area contributed by atoms with Gasteiger partial charge in [-0.1, -0.05) is 13.8 Å². The van der Waals surface area contributed by atoms with E-state index in [0.717, 1.165) is 24.2 Å². The number of halogens is 1. The Morgan fingerprint density at radius 1 is 1.35 bits per heavy atom. The molecule has 1 atom stereocenters. The van der Waals surface area contributed by atoms with Crippen LogP contribution in [-0.2, 0) is 6.42 Å². The van der Waals surface area contributed by atoms with E-state index >= 15 is 0 Å². The lowest BCUT2D eigenvalue weighted by Gasteiger charge is -2.15. The SMILES string of the molecule is CCCOc1cc(C)c(F)cc1CC(N)CC. The molecule has 2 N–H and O–H groups in total. The number of rotatable bonds is 6. The Morgan fingerprint density at radius 3 is 2.65 bits per heavy atom. The zero-order chi connectivity index (χ0) is 12.8. The second-order valence-corrected chi connectivity index (χ2v) is 4.43. The van der Waals surface area contributed by atoms with E-state index in [-0.39, 0.29) is 11.9 Å². The minimum Gasteiger partial charge on any atom is -0.493 e. The fraction of sp³-hybridized carbons (Fsp3) is 0.571. The van der Waals surface area contributed by atoms with Crippen LogP contribution in [0, 0.1) is 12.7 Å². The molecule has 0 saturated heterocycles. The summed E-state index contributed by atoms with van der Waals surface area (Å²) < 4.78 is 19.2. The van der Waals surface area contributed by atoms with Crippen molar-refractivity contribution in [3.05, 3.63) is 29.1 Å². The van der Waals surface area contributed by atoms with Crippen LogP contribution >= 0.6 is 0 Å². The van der Waals surface area contributed by atoms with E-state index in [4.69, 9.17) is 10.5 Å². The van der Waals surface area contributed by atoms with E-state index in [1.54, 1.807) is 19.1 Å². The maximum atomic E-state index is 13.5. The average molecular weight is 239 g/mol. The molecular weight excluding hydrogens is 217 g/mol. The van der Waals surface area contributed by atoms with Gasteiger partial charge < -0.3 is 10.5 Å². The lowest BCUT2D eigenvalue weighted by atomic mass is 10.0. The average Bonchev–Trinajstić information content (AvgIpc) is 2.31. The van der Waals surface area contributed by atoms with Gasteiger partial charge in [0.1, 0.15) is 11.6 Å². The molecule has 0 aliphatic rings. The van der Waals surface area contributed by atoms with Crippen LogP contribution in [0.15, 0.2) is 12.1 Å². The van der Waals surface area contributed by atoms with Gasteiger partial charge in [0.15, 0.2) is 0 Å².